The Morgan fingerprint density at radius 1 is 1.06 bits per heavy atom. The highest BCUT2D eigenvalue weighted by Gasteiger charge is 2.57. The molecule has 0 unspecified atom stereocenters. The van der Waals surface area contributed by atoms with Crippen LogP contribution in [0.5, 0.6) is 5.75 Å². The van der Waals surface area contributed by atoms with Crippen molar-refractivity contribution in [2.24, 2.45) is 0 Å². The molecule has 2 atom stereocenters. The van der Waals surface area contributed by atoms with Crippen molar-refractivity contribution in [1.29, 1.82) is 0 Å². The molecule has 184 valence electrons. The van der Waals surface area contributed by atoms with Gasteiger partial charge in [-0.2, -0.15) is 4.31 Å². The second-order valence-electron chi connectivity index (χ2n) is 8.79. The van der Waals surface area contributed by atoms with Gasteiger partial charge in [-0.1, -0.05) is 0 Å². The Labute approximate surface area is 199 Å². The minimum atomic E-state index is -4.03. The lowest BCUT2D eigenvalue weighted by molar-refractivity contribution is -0.116. The summed E-state index contributed by atoms with van der Waals surface area (Å²) in [6, 6.07) is 6.57. The van der Waals surface area contributed by atoms with Gasteiger partial charge in [0, 0.05) is 38.1 Å². The molecule has 2 aromatic carbocycles. The van der Waals surface area contributed by atoms with Gasteiger partial charge < -0.3 is 14.4 Å². The van der Waals surface area contributed by atoms with Crippen molar-refractivity contribution in [2.45, 2.75) is 29.6 Å². The van der Waals surface area contributed by atoms with E-state index in [4.69, 9.17) is 9.47 Å². The highest BCUT2D eigenvalue weighted by atomic mass is 32.2. The molecule has 2 saturated heterocycles. The number of nitrogens with zero attached hydrogens (tertiary/aromatic N) is 4. The zero-order valence-electron chi connectivity index (χ0n) is 18.5. The van der Waals surface area contributed by atoms with Crippen LogP contribution in [0.15, 0.2) is 41.4 Å². The standard InChI is InChI=1S/C23H21F3N4O4S/c24-16-10-18-19(11-17(16)25)28-22(12-27-18)29-5-4-23(21(26)13-29)30(6-8-34-23)35(31,32)15-1-2-20-14(9-15)3-7-33-20/h1-2,9-12,21H,3-8,13H2/t21-,23-/m0/s1. The van der Waals surface area contributed by atoms with Gasteiger partial charge in [-0.25, -0.2) is 26.6 Å². The Bertz CT molecular complexity index is 1440. The highest BCUT2D eigenvalue weighted by Crippen LogP contribution is 2.41. The summed E-state index contributed by atoms with van der Waals surface area (Å²) >= 11 is 0. The molecule has 0 saturated carbocycles. The van der Waals surface area contributed by atoms with Crippen molar-refractivity contribution in [2.75, 3.05) is 37.7 Å². The van der Waals surface area contributed by atoms with Gasteiger partial charge >= 0.3 is 0 Å². The molecule has 2 fully saturated rings. The van der Waals surface area contributed by atoms with Gasteiger partial charge in [0.15, 0.2) is 23.5 Å². The zero-order valence-corrected chi connectivity index (χ0v) is 19.3. The molecule has 0 bridgehead atoms. The third kappa shape index (κ3) is 3.54. The lowest BCUT2D eigenvalue weighted by atomic mass is 9.98. The number of hydrogen-bond acceptors (Lipinski definition) is 7. The fourth-order valence-corrected chi connectivity index (χ4v) is 6.79. The topological polar surface area (TPSA) is 84.9 Å². The predicted octanol–water partition coefficient (Wildman–Crippen LogP) is 2.81. The average molecular weight is 507 g/mol. The fraction of sp³-hybridized carbons (Fsp3) is 0.391. The van der Waals surface area contributed by atoms with E-state index in [9.17, 15) is 17.2 Å². The van der Waals surface area contributed by atoms with Crippen molar-refractivity contribution in [3.8, 4) is 5.75 Å². The van der Waals surface area contributed by atoms with Gasteiger partial charge in [-0.15, -0.1) is 0 Å². The van der Waals surface area contributed by atoms with E-state index in [1.165, 1.54) is 12.3 Å². The summed E-state index contributed by atoms with van der Waals surface area (Å²) in [7, 11) is -4.03. The number of rotatable bonds is 3. The van der Waals surface area contributed by atoms with Crippen LogP contribution in [0.1, 0.15) is 12.0 Å². The first kappa shape index (κ1) is 22.5. The third-order valence-corrected chi connectivity index (χ3v) is 8.74. The number of halogens is 3. The first-order valence-electron chi connectivity index (χ1n) is 11.2. The van der Waals surface area contributed by atoms with E-state index in [0.717, 1.165) is 22.0 Å². The Hall–Kier alpha value is -2.96. The van der Waals surface area contributed by atoms with Crippen LogP contribution in [0.3, 0.4) is 0 Å². The van der Waals surface area contributed by atoms with Gasteiger partial charge in [0.1, 0.15) is 11.6 Å². The Morgan fingerprint density at radius 3 is 2.66 bits per heavy atom. The van der Waals surface area contributed by atoms with E-state index < -0.39 is 33.6 Å². The van der Waals surface area contributed by atoms with Gasteiger partial charge in [0.05, 0.1) is 41.9 Å². The number of benzene rings is 2. The number of fused-ring (bicyclic) bond motifs is 2. The van der Waals surface area contributed by atoms with Crippen LogP contribution < -0.4 is 9.64 Å². The molecule has 12 heteroatoms. The monoisotopic (exact) mass is 506 g/mol. The summed E-state index contributed by atoms with van der Waals surface area (Å²) in [5, 5.41) is 0. The van der Waals surface area contributed by atoms with Gasteiger partial charge in [0.25, 0.3) is 0 Å². The molecule has 4 heterocycles. The number of aromatic nitrogens is 2. The smallest absolute Gasteiger partial charge is 0.245 e. The van der Waals surface area contributed by atoms with E-state index in [1.54, 1.807) is 17.0 Å². The molecule has 35 heavy (non-hydrogen) atoms. The summed E-state index contributed by atoms with van der Waals surface area (Å²) in [4.78, 5) is 10.1. The quantitative estimate of drug-likeness (QED) is 0.540. The summed E-state index contributed by atoms with van der Waals surface area (Å²) in [6.45, 7) is 0.644. The van der Waals surface area contributed by atoms with Crippen molar-refractivity contribution in [3.05, 3.63) is 53.7 Å². The van der Waals surface area contributed by atoms with Crippen LogP contribution in [-0.4, -0.2) is 67.4 Å². The second kappa shape index (κ2) is 8.04. The molecule has 0 aliphatic carbocycles. The minimum Gasteiger partial charge on any atom is -0.493 e. The molecular weight excluding hydrogens is 485 g/mol. The van der Waals surface area contributed by atoms with E-state index in [1.807, 2.05) is 0 Å². The second-order valence-corrected chi connectivity index (χ2v) is 10.6. The maximum atomic E-state index is 15.8. The lowest BCUT2D eigenvalue weighted by Crippen LogP contribution is -2.62. The molecular formula is C23H21F3N4O4S. The SMILES string of the molecule is O=S(=O)(c1ccc2c(c1)CCO2)N1CCO[C@]12CCN(c1cnc3cc(F)c(F)cc3n1)C[C@@H]2F. The molecule has 0 amide bonds. The molecule has 3 aromatic rings. The number of alkyl halides is 1. The van der Waals surface area contributed by atoms with Crippen molar-refractivity contribution in [3.63, 3.8) is 0 Å². The summed E-state index contributed by atoms with van der Waals surface area (Å²) in [5.74, 6) is -1.14. The Balaban J connectivity index is 1.27. The molecule has 3 aliphatic rings. The minimum absolute atomic E-state index is 0.0386. The summed E-state index contributed by atoms with van der Waals surface area (Å²) < 4.78 is 82.4. The van der Waals surface area contributed by atoms with Crippen LogP contribution in [0.2, 0.25) is 0 Å². The Kier molecular flexibility index (Phi) is 5.17. The molecule has 1 spiro atoms. The maximum Gasteiger partial charge on any atom is 0.245 e. The van der Waals surface area contributed by atoms with Crippen LogP contribution in [0.4, 0.5) is 19.0 Å². The molecule has 3 aliphatic heterocycles. The highest BCUT2D eigenvalue weighted by molar-refractivity contribution is 7.89. The molecule has 8 nitrogen and oxygen atoms in total. The number of piperidine rings is 1. The third-order valence-electron chi connectivity index (χ3n) is 6.82. The first-order valence-corrected chi connectivity index (χ1v) is 12.7. The van der Waals surface area contributed by atoms with Crippen molar-refractivity contribution < 1.29 is 31.1 Å². The first-order chi connectivity index (χ1) is 16.8. The summed E-state index contributed by atoms with van der Waals surface area (Å²) in [6.07, 6.45) is 0.346. The van der Waals surface area contributed by atoms with E-state index in [-0.39, 0.29) is 54.4 Å². The van der Waals surface area contributed by atoms with Crippen molar-refractivity contribution >= 4 is 26.9 Å². The van der Waals surface area contributed by atoms with E-state index in [0.29, 0.717) is 18.8 Å². The Morgan fingerprint density at radius 2 is 1.86 bits per heavy atom. The average Bonchev–Trinajstić information content (AvgIpc) is 3.49. The van der Waals surface area contributed by atoms with E-state index >= 15 is 4.39 Å². The molecule has 0 N–H and O–H groups in total. The van der Waals surface area contributed by atoms with Gasteiger partial charge in [-0.05, 0) is 23.8 Å². The fourth-order valence-electron chi connectivity index (χ4n) is 5.02. The van der Waals surface area contributed by atoms with Crippen LogP contribution in [0, 0.1) is 11.6 Å². The number of ether oxygens (including phenoxy) is 2. The van der Waals surface area contributed by atoms with Gasteiger partial charge in [0.2, 0.25) is 10.0 Å². The van der Waals surface area contributed by atoms with E-state index in [2.05, 4.69) is 9.97 Å². The van der Waals surface area contributed by atoms with Gasteiger partial charge in [-0.3, -0.25) is 4.98 Å². The maximum absolute atomic E-state index is 15.8. The number of hydrogen-bond donors (Lipinski definition) is 0. The van der Waals surface area contributed by atoms with Crippen LogP contribution >= 0.6 is 0 Å². The zero-order chi connectivity index (χ0) is 24.4. The van der Waals surface area contributed by atoms with Crippen LogP contribution in [0.25, 0.3) is 11.0 Å². The number of anilines is 1. The molecule has 6 rings (SSSR count). The lowest BCUT2D eigenvalue weighted by Gasteiger charge is -2.45. The van der Waals surface area contributed by atoms with Crippen molar-refractivity contribution in [1.82, 2.24) is 14.3 Å². The number of sulfonamides is 1. The predicted molar refractivity (Wildman–Crippen MR) is 119 cm³/mol. The van der Waals surface area contributed by atoms with Crippen LogP contribution in [-0.2, 0) is 21.2 Å². The summed E-state index contributed by atoms with van der Waals surface area (Å²) in [5.41, 5.74) is -0.518. The molecule has 1 aromatic heterocycles. The largest absolute Gasteiger partial charge is 0.493 e. The normalized spacial score (nSPS) is 24.8. The molecule has 0 radical (unpaired) electrons.